The SMILES string of the molecule is CC(C)(CCO)CC(C)(C)CCOC1OC(CO)C(O)C(OC2OC(CO)C(O)C(OC3OC(CO)C(O)C(O)C3O)C2O)C1O. The van der Waals surface area contributed by atoms with Crippen LogP contribution in [0.15, 0.2) is 0 Å². The predicted octanol–water partition coefficient (Wildman–Crippen LogP) is -4.33. The van der Waals surface area contributed by atoms with E-state index in [4.69, 9.17) is 28.4 Å². The quantitative estimate of drug-likeness (QED) is 0.0783. The molecular weight excluding hydrogens is 620 g/mol. The van der Waals surface area contributed by atoms with Crippen molar-refractivity contribution in [3.05, 3.63) is 0 Å². The Kier molecular flexibility index (Phi) is 14.5. The first-order chi connectivity index (χ1) is 21.5. The van der Waals surface area contributed by atoms with Gasteiger partial charge in [-0.15, -0.1) is 0 Å². The molecule has 0 aromatic rings. The molecule has 46 heavy (non-hydrogen) atoms. The molecule has 0 amide bonds. The zero-order valence-corrected chi connectivity index (χ0v) is 26.7. The Bertz CT molecular complexity index is 907. The first kappa shape index (κ1) is 39.8. The normalized spacial score (nSPS) is 42.7. The Morgan fingerprint density at radius 2 is 0.913 bits per heavy atom. The summed E-state index contributed by atoms with van der Waals surface area (Å²) < 4.78 is 33.6. The fraction of sp³-hybridized carbons (Fsp3) is 1.00. The van der Waals surface area contributed by atoms with E-state index in [-0.39, 0.29) is 24.0 Å². The van der Waals surface area contributed by atoms with Gasteiger partial charge in [-0.2, -0.15) is 0 Å². The lowest BCUT2D eigenvalue weighted by atomic mass is 9.72. The van der Waals surface area contributed by atoms with Crippen molar-refractivity contribution >= 4 is 0 Å². The maximum absolute atomic E-state index is 11.1. The number of rotatable bonds is 15. The summed E-state index contributed by atoms with van der Waals surface area (Å²) in [6, 6.07) is 0. The molecule has 0 aliphatic carbocycles. The molecular formula is C29H54O17. The average molecular weight is 675 g/mol. The molecule has 15 unspecified atom stereocenters. The first-order valence-corrected chi connectivity index (χ1v) is 15.6. The van der Waals surface area contributed by atoms with Crippen molar-refractivity contribution in [1.29, 1.82) is 0 Å². The minimum Gasteiger partial charge on any atom is -0.396 e. The fourth-order valence-corrected chi connectivity index (χ4v) is 6.39. The highest BCUT2D eigenvalue weighted by Crippen LogP contribution is 2.39. The van der Waals surface area contributed by atoms with Crippen molar-refractivity contribution in [2.24, 2.45) is 10.8 Å². The monoisotopic (exact) mass is 674 g/mol. The molecule has 11 N–H and O–H groups in total. The molecule has 3 rings (SSSR count). The molecule has 0 radical (unpaired) electrons. The van der Waals surface area contributed by atoms with Gasteiger partial charge in [-0.1, -0.05) is 27.7 Å². The topological polar surface area (TPSA) is 278 Å². The third-order valence-corrected chi connectivity index (χ3v) is 8.88. The number of ether oxygens (including phenoxy) is 6. The third-order valence-electron chi connectivity index (χ3n) is 8.88. The van der Waals surface area contributed by atoms with Crippen LogP contribution in [0.2, 0.25) is 0 Å². The van der Waals surface area contributed by atoms with E-state index >= 15 is 0 Å². The largest absolute Gasteiger partial charge is 0.396 e. The Balaban J connectivity index is 1.72. The number of aliphatic hydroxyl groups excluding tert-OH is 11. The summed E-state index contributed by atoms with van der Waals surface area (Å²) >= 11 is 0. The smallest absolute Gasteiger partial charge is 0.187 e. The van der Waals surface area contributed by atoms with Crippen LogP contribution in [-0.2, 0) is 28.4 Å². The Morgan fingerprint density at radius 1 is 0.500 bits per heavy atom. The second-order valence-corrected chi connectivity index (χ2v) is 13.9. The molecule has 0 spiro atoms. The summed E-state index contributed by atoms with van der Waals surface area (Å²) in [6.07, 6.45) is -22.8. The summed E-state index contributed by atoms with van der Waals surface area (Å²) in [6.45, 7) is 6.09. The summed E-state index contributed by atoms with van der Waals surface area (Å²) in [5.74, 6) is 0. The van der Waals surface area contributed by atoms with E-state index in [0.717, 1.165) is 6.42 Å². The third kappa shape index (κ3) is 9.51. The summed E-state index contributed by atoms with van der Waals surface area (Å²) in [5, 5.41) is 113. The lowest BCUT2D eigenvalue weighted by Gasteiger charge is -2.48. The van der Waals surface area contributed by atoms with Gasteiger partial charge in [-0.3, -0.25) is 0 Å². The van der Waals surface area contributed by atoms with E-state index < -0.39 is 112 Å². The molecule has 17 nitrogen and oxygen atoms in total. The fourth-order valence-electron chi connectivity index (χ4n) is 6.39. The Hall–Kier alpha value is -0.680. The summed E-state index contributed by atoms with van der Waals surface area (Å²) in [5.41, 5.74) is -0.352. The van der Waals surface area contributed by atoms with Crippen LogP contribution >= 0.6 is 0 Å². The minimum absolute atomic E-state index is 0.0615. The predicted molar refractivity (Wildman–Crippen MR) is 153 cm³/mol. The van der Waals surface area contributed by atoms with E-state index in [1.165, 1.54) is 0 Å². The van der Waals surface area contributed by atoms with Crippen molar-refractivity contribution in [3.63, 3.8) is 0 Å². The van der Waals surface area contributed by atoms with Gasteiger partial charge in [0.05, 0.1) is 26.4 Å². The van der Waals surface area contributed by atoms with Crippen LogP contribution in [0, 0.1) is 10.8 Å². The standard InChI is InChI=1S/C29H54O17/c1-28(2,5-7-30)12-29(3,4)6-8-41-25-21(39)23(17(35)14(10-32)42-25)46-27-22(40)24(18(36)15(11-33)44-27)45-26-20(38)19(37)16(34)13(9-31)43-26/h13-27,30-40H,5-12H2,1-4H3. The van der Waals surface area contributed by atoms with Gasteiger partial charge in [-0.05, 0) is 30.1 Å². The van der Waals surface area contributed by atoms with E-state index in [2.05, 4.69) is 13.8 Å². The molecule has 3 aliphatic rings. The van der Waals surface area contributed by atoms with Crippen molar-refractivity contribution in [1.82, 2.24) is 0 Å². The number of hydrogen-bond donors (Lipinski definition) is 11. The van der Waals surface area contributed by atoms with Crippen LogP contribution in [-0.4, -0.2) is 181 Å². The molecule has 272 valence electrons. The van der Waals surface area contributed by atoms with Crippen molar-refractivity contribution in [3.8, 4) is 0 Å². The van der Waals surface area contributed by atoms with Gasteiger partial charge in [0.2, 0.25) is 0 Å². The van der Waals surface area contributed by atoms with Crippen LogP contribution in [0.4, 0.5) is 0 Å². The Labute approximate surface area is 267 Å². The highest BCUT2D eigenvalue weighted by molar-refractivity contribution is 4.96. The lowest BCUT2D eigenvalue weighted by molar-refractivity contribution is -0.381. The average Bonchev–Trinajstić information content (AvgIpc) is 2.98. The van der Waals surface area contributed by atoms with Gasteiger partial charge in [0.15, 0.2) is 18.9 Å². The van der Waals surface area contributed by atoms with Gasteiger partial charge in [-0.25, -0.2) is 0 Å². The number of aliphatic hydroxyl groups is 11. The van der Waals surface area contributed by atoms with Crippen LogP contribution in [0.5, 0.6) is 0 Å². The van der Waals surface area contributed by atoms with Crippen LogP contribution in [0.1, 0.15) is 47.0 Å². The van der Waals surface area contributed by atoms with Gasteiger partial charge in [0, 0.05) is 6.61 Å². The highest BCUT2D eigenvalue weighted by Gasteiger charge is 2.54. The van der Waals surface area contributed by atoms with Crippen molar-refractivity contribution in [2.75, 3.05) is 33.0 Å². The maximum Gasteiger partial charge on any atom is 0.187 e. The van der Waals surface area contributed by atoms with Gasteiger partial charge in [0.1, 0.15) is 73.2 Å². The molecule has 0 aromatic heterocycles. The molecule has 0 aromatic carbocycles. The van der Waals surface area contributed by atoms with Gasteiger partial charge < -0.3 is 84.6 Å². The molecule has 15 atom stereocenters. The summed E-state index contributed by atoms with van der Waals surface area (Å²) in [4.78, 5) is 0. The van der Waals surface area contributed by atoms with E-state index in [9.17, 15) is 56.2 Å². The van der Waals surface area contributed by atoms with Crippen LogP contribution < -0.4 is 0 Å². The molecule has 3 saturated heterocycles. The van der Waals surface area contributed by atoms with E-state index in [0.29, 0.717) is 12.8 Å². The minimum atomic E-state index is -1.91. The van der Waals surface area contributed by atoms with Crippen molar-refractivity contribution in [2.45, 2.75) is 139 Å². The number of hydrogen-bond acceptors (Lipinski definition) is 17. The molecule has 17 heteroatoms. The highest BCUT2D eigenvalue weighted by atomic mass is 16.8. The molecule has 0 bridgehead atoms. The Morgan fingerprint density at radius 3 is 1.39 bits per heavy atom. The van der Waals surface area contributed by atoms with Gasteiger partial charge >= 0.3 is 0 Å². The molecule has 3 aliphatic heterocycles. The van der Waals surface area contributed by atoms with Crippen LogP contribution in [0.3, 0.4) is 0 Å². The van der Waals surface area contributed by atoms with E-state index in [1.54, 1.807) is 0 Å². The van der Waals surface area contributed by atoms with Crippen LogP contribution in [0.25, 0.3) is 0 Å². The molecule has 3 heterocycles. The van der Waals surface area contributed by atoms with E-state index in [1.807, 2.05) is 13.8 Å². The zero-order chi connectivity index (χ0) is 34.6. The van der Waals surface area contributed by atoms with Gasteiger partial charge in [0.25, 0.3) is 0 Å². The summed E-state index contributed by atoms with van der Waals surface area (Å²) in [7, 11) is 0. The first-order valence-electron chi connectivity index (χ1n) is 15.6. The lowest BCUT2D eigenvalue weighted by Crippen LogP contribution is -2.67. The molecule has 3 fully saturated rings. The van der Waals surface area contributed by atoms with Crippen molar-refractivity contribution < 1.29 is 84.6 Å². The second-order valence-electron chi connectivity index (χ2n) is 13.9. The molecule has 0 saturated carbocycles. The zero-order valence-electron chi connectivity index (χ0n) is 26.7. The maximum atomic E-state index is 11.1. The second kappa shape index (κ2) is 16.8.